The van der Waals surface area contributed by atoms with Crippen molar-refractivity contribution in [2.24, 2.45) is 17.6 Å². The number of hydrogen-bond acceptors (Lipinski definition) is 4. The summed E-state index contributed by atoms with van der Waals surface area (Å²) in [6.45, 7) is 7.18. The van der Waals surface area contributed by atoms with E-state index in [1.165, 1.54) is 42.3 Å². The summed E-state index contributed by atoms with van der Waals surface area (Å²) in [5, 5.41) is 5.87. The lowest BCUT2D eigenvalue weighted by atomic mass is 9.78. The fourth-order valence-electron chi connectivity index (χ4n) is 6.51. The lowest BCUT2D eigenvalue weighted by molar-refractivity contribution is -0.144. The van der Waals surface area contributed by atoms with E-state index >= 15 is 0 Å². The van der Waals surface area contributed by atoms with Crippen LogP contribution in [0.15, 0.2) is 42.5 Å². The Morgan fingerprint density at radius 2 is 1.69 bits per heavy atom. The van der Waals surface area contributed by atoms with Crippen molar-refractivity contribution in [2.45, 2.75) is 90.0 Å². The van der Waals surface area contributed by atoms with Crippen LogP contribution in [0.25, 0.3) is 10.9 Å². The number of alkyl halides is 3. The van der Waals surface area contributed by atoms with E-state index in [0.29, 0.717) is 24.1 Å². The first-order valence-electron chi connectivity index (χ1n) is 16.2. The van der Waals surface area contributed by atoms with Crippen LogP contribution in [0, 0.1) is 17.7 Å². The van der Waals surface area contributed by atoms with E-state index in [1.807, 2.05) is 13.8 Å². The molecule has 1 aliphatic rings. The molecule has 3 aromatic rings. The second-order valence-electron chi connectivity index (χ2n) is 12.9. The molecule has 48 heavy (non-hydrogen) atoms. The zero-order valence-corrected chi connectivity index (χ0v) is 27.8. The number of benzene rings is 2. The highest BCUT2D eigenvalue weighted by Gasteiger charge is 2.47. The summed E-state index contributed by atoms with van der Waals surface area (Å²) in [4.78, 5) is 58.5. The van der Waals surface area contributed by atoms with Gasteiger partial charge in [0, 0.05) is 24.5 Å². The number of para-hydroxylation sites is 1. The predicted molar refractivity (Wildman–Crippen MR) is 173 cm³/mol. The predicted octanol–water partition coefficient (Wildman–Crippen LogP) is 4.80. The van der Waals surface area contributed by atoms with Gasteiger partial charge in [0.05, 0.1) is 17.5 Å². The first kappa shape index (κ1) is 36.4. The average Bonchev–Trinajstić information content (AvgIpc) is 3.41. The molecule has 1 aliphatic carbocycles. The van der Waals surface area contributed by atoms with Gasteiger partial charge in [0.2, 0.25) is 23.6 Å². The smallest absolute Gasteiger partial charge is 0.368 e. The number of rotatable bonds is 12. The largest absolute Gasteiger partial charge is 0.418 e. The molecule has 0 saturated heterocycles. The zero-order chi connectivity index (χ0) is 35.6. The molecule has 0 spiro atoms. The SMILES string of the molecule is CCC(C)[C@H](NC(=O)[C@@]1(NC(=O)[C@H](C(C)CC)N(C)C(=O)Cc2ccccc2F)CCc2[nH]c3c(C(F)(F)F)cccc3c2C1)C(N)=O. The van der Waals surface area contributed by atoms with Crippen LogP contribution in [-0.2, 0) is 44.6 Å². The lowest BCUT2D eigenvalue weighted by Crippen LogP contribution is -2.67. The Hall–Kier alpha value is -4.42. The molecule has 0 aliphatic heterocycles. The van der Waals surface area contributed by atoms with E-state index in [2.05, 4.69) is 15.6 Å². The van der Waals surface area contributed by atoms with Gasteiger partial charge >= 0.3 is 6.18 Å². The van der Waals surface area contributed by atoms with E-state index in [0.717, 1.165) is 6.07 Å². The molecule has 2 aromatic carbocycles. The summed E-state index contributed by atoms with van der Waals surface area (Å²) in [5.74, 6) is -3.98. The number of carbonyl (C=O) groups is 4. The highest BCUT2D eigenvalue weighted by molar-refractivity contribution is 5.98. The van der Waals surface area contributed by atoms with Gasteiger partial charge in [0.25, 0.3) is 0 Å². The molecule has 0 fully saturated rings. The van der Waals surface area contributed by atoms with Gasteiger partial charge < -0.3 is 26.3 Å². The van der Waals surface area contributed by atoms with Crippen LogP contribution < -0.4 is 16.4 Å². The molecule has 4 rings (SSSR count). The van der Waals surface area contributed by atoms with Crippen LogP contribution in [0.4, 0.5) is 17.6 Å². The summed E-state index contributed by atoms with van der Waals surface area (Å²) in [6, 6.07) is 7.46. The van der Waals surface area contributed by atoms with E-state index in [9.17, 15) is 36.7 Å². The summed E-state index contributed by atoms with van der Waals surface area (Å²) >= 11 is 0. The first-order chi connectivity index (χ1) is 22.5. The van der Waals surface area contributed by atoms with Gasteiger partial charge in [-0.15, -0.1) is 0 Å². The van der Waals surface area contributed by atoms with E-state index in [-0.39, 0.29) is 48.1 Å². The first-order valence-corrected chi connectivity index (χ1v) is 16.2. The number of aromatic amines is 1. The van der Waals surface area contributed by atoms with Crippen molar-refractivity contribution in [3.63, 3.8) is 0 Å². The molecular formula is C35H43F4N5O4. The van der Waals surface area contributed by atoms with Gasteiger partial charge in [-0.1, -0.05) is 70.9 Å². The van der Waals surface area contributed by atoms with Crippen molar-refractivity contribution in [3.05, 3.63) is 70.7 Å². The van der Waals surface area contributed by atoms with Crippen LogP contribution >= 0.6 is 0 Å². The second kappa shape index (κ2) is 14.4. The van der Waals surface area contributed by atoms with Gasteiger partial charge in [0.1, 0.15) is 23.4 Å². The molecule has 5 N–H and O–H groups in total. The van der Waals surface area contributed by atoms with Gasteiger partial charge in [-0.25, -0.2) is 4.39 Å². The van der Waals surface area contributed by atoms with Gasteiger partial charge in [0.15, 0.2) is 0 Å². The minimum atomic E-state index is -4.63. The number of hydrogen-bond donors (Lipinski definition) is 4. The molecule has 5 atom stereocenters. The third-order valence-corrected chi connectivity index (χ3v) is 9.78. The fourth-order valence-corrected chi connectivity index (χ4v) is 6.51. The number of H-pyrrole nitrogens is 1. The average molecular weight is 674 g/mol. The van der Waals surface area contributed by atoms with Crippen LogP contribution in [0.2, 0.25) is 0 Å². The molecule has 1 aromatic heterocycles. The molecule has 13 heteroatoms. The normalized spacial score (nSPS) is 18.7. The maximum atomic E-state index is 14.4. The van der Waals surface area contributed by atoms with Crippen LogP contribution in [0.5, 0.6) is 0 Å². The molecule has 0 radical (unpaired) electrons. The molecule has 9 nitrogen and oxygen atoms in total. The van der Waals surface area contributed by atoms with Gasteiger partial charge in [-0.3, -0.25) is 19.2 Å². The summed E-state index contributed by atoms with van der Waals surface area (Å²) in [6.07, 6.45) is -4.06. The highest BCUT2D eigenvalue weighted by atomic mass is 19.4. The van der Waals surface area contributed by atoms with E-state index in [1.54, 1.807) is 19.9 Å². The number of primary amides is 1. The number of aromatic nitrogens is 1. The second-order valence-corrected chi connectivity index (χ2v) is 12.9. The standard InChI is InChI=1S/C35H43F4N5O4/c1-6-19(3)28(31(40)46)42-33(48)34(16-15-26-23(18-34)22-12-10-13-24(29(22)41-26)35(37,38)39)43-32(47)30(20(4)7-2)44(5)27(45)17-21-11-8-9-14-25(21)36/h8-14,19-20,28,30,41H,6-7,15-18H2,1-5H3,(H2,40,46)(H,42,48)(H,43,47)/t19?,20?,28-,30-,34+/m0/s1. The van der Waals surface area contributed by atoms with Crippen molar-refractivity contribution in [3.8, 4) is 0 Å². The maximum absolute atomic E-state index is 14.4. The van der Waals surface area contributed by atoms with Crippen molar-refractivity contribution in [1.82, 2.24) is 20.5 Å². The molecule has 2 unspecified atom stereocenters. The number of likely N-dealkylation sites (N-methyl/N-ethyl adjacent to an activating group) is 1. The number of nitrogens with two attached hydrogens (primary N) is 1. The summed E-state index contributed by atoms with van der Waals surface area (Å²) < 4.78 is 56.2. The van der Waals surface area contributed by atoms with E-state index < -0.39 is 64.7 Å². The third-order valence-electron chi connectivity index (χ3n) is 9.78. The number of halogens is 4. The monoisotopic (exact) mass is 673 g/mol. The number of nitrogens with one attached hydrogen (secondary N) is 3. The van der Waals surface area contributed by atoms with Crippen LogP contribution in [0.1, 0.15) is 69.3 Å². The van der Waals surface area contributed by atoms with Gasteiger partial charge in [-0.05, 0) is 47.9 Å². The molecular weight excluding hydrogens is 630 g/mol. The summed E-state index contributed by atoms with van der Waals surface area (Å²) in [7, 11) is 1.44. The minimum Gasteiger partial charge on any atom is -0.368 e. The summed E-state index contributed by atoms with van der Waals surface area (Å²) in [5.41, 5.74) is 4.06. The maximum Gasteiger partial charge on any atom is 0.418 e. The number of nitrogens with zero attached hydrogens (tertiary/aromatic N) is 1. The topological polar surface area (TPSA) is 137 Å². The Morgan fingerprint density at radius 1 is 1.02 bits per heavy atom. The Kier molecular flexibility index (Phi) is 10.9. The van der Waals surface area contributed by atoms with Crippen molar-refractivity contribution < 1.29 is 36.7 Å². The Balaban J connectivity index is 1.76. The van der Waals surface area contributed by atoms with Crippen LogP contribution in [-0.4, -0.2) is 58.2 Å². The quantitative estimate of drug-likeness (QED) is 0.205. The van der Waals surface area contributed by atoms with Crippen molar-refractivity contribution in [1.29, 1.82) is 0 Å². The minimum absolute atomic E-state index is 0.0160. The number of aryl methyl sites for hydroxylation is 1. The molecule has 4 amide bonds. The molecule has 1 heterocycles. The van der Waals surface area contributed by atoms with Crippen molar-refractivity contribution in [2.75, 3.05) is 7.05 Å². The van der Waals surface area contributed by atoms with Crippen molar-refractivity contribution >= 4 is 34.5 Å². The molecule has 0 saturated carbocycles. The highest BCUT2D eigenvalue weighted by Crippen LogP contribution is 2.40. The Labute approximate surface area is 277 Å². The van der Waals surface area contributed by atoms with Gasteiger partial charge in [-0.2, -0.15) is 13.2 Å². The number of amides is 4. The van der Waals surface area contributed by atoms with E-state index in [4.69, 9.17) is 5.73 Å². The molecule has 0 bridgehead atoms. The Morgan fingerprint density at radius 3 is 2.29 bits per heavy atom. The zero-order valence-electron chi connectivity index (χ0n) is 27.8. The number of fused-ring (bicyclic) bond motifs is 3. The third kappa shape index (κ3) is 7.34. The lowest BCUT2D eigenvalue weighted by Gasteiger charge is -2.41. The Bertz CT molecular complexity index is 1690. The molecule has 260 valence electrons. The fraction of sp³-hybridized carbons (Fsp3) is 0.486. The number of carbonyl (C=O) groups excluding carboxylic acids is 4. The van der Waals surface area contributed by atoms with Crippen LogP contribution in [0.3, 0.4) is 0 Å².